The van der Waals surface area contributed by atoms with Gasteiger partial charge in [0.05, 0.1) is 11.3 Å². The molecule has 1 amide bonds. The zero-order chi connectivity index (χ0) is 21.8. The Hall–Kier alpha value is -3.20. The van der Waals surface area contributed by atoms with E-state index in [9.17, 15) is 13.6 Å². The molecule has 1 fully saturated rings. The van der Waals surface area contributed by atoms with Gasteiger partial charge in [-0.2, -0.15) is 5.10 Å². The first-order valence-corrected chi connectivity index (χ1v) is 10.2. The number of aromatic amines is 1. The number of aromatic nitrogens is 3. The van der Waals surface area contributed by atoms with E-state index in [4.69, 9.17) is 11.6 Å². The molecule has 10 heteroatoms. The van der Waals surface area contributed by atoms with Crippen LogP contribution < -0.4 is 15.0 Å². The average molecular weight is 448 g/mol. The quantitative estimate of drug-likeness (QED) is 0.526. The molecule has 1 aliphatic rings. The van der Waals surface area contributed by atoms with E-state index in [1.165, 1.54) is 36.9 Å². The number of anilines is 2. The molecule has 4 rings (SSSR count). The zero-order valence-corrected chi connectivity index (χ0v) is 17.2. The van der Waals surface area contributed by atoms with Gasteiger partial charge in [0.25, 0.3) is 5.91 Å². The zero-order valence-electron chi connectivity index (χ0n) is 16.4. The number of H-pyrrole nitrogens is 1. The van der Waals surface area contributed by atoms with Crippen LogP contribution in [0.5, 0.6) is 5.75 Å². The third-order valence-electron chi connectivity index (χ3n) is 4.92. The van der Waals surface area contributed by atoms with Gasteiger partial charge in [-0.3, -0.25) is 9.89 Å². The topological polar surface area (TPSA) is 83.1 Å². The standard InChI is InChI=1S/C21H20ClF2N5O2/c22-21(23,24)31-16-6-4-15(5-7-16)27-20(30)14-12-17(18-8-9-26-28-18)19(25-13-14)29-10-2-1-3-11-29/h4-9,12-13H,1-3,10-11H2,(H,26,28)(H,27,30). The minimum absolute atomic E-state index is 0.118. The first-order chi connectivity index (χ1) is 14.9. The number of pyridine rings is 1. The maximum atomic E-state index is 12.8. The van der Waals surface area contributed by atoms with Crippen LogP contribution in [0.25, 0.3) is 11.3 Å². The summed E-state index contributed by atoms with van der Waals surface area (Å²) < 4.78 is 29.7. The lowest BCUT2D eigenvalue weighted by Crippen LogP contribution is -2.30. The predicted octanol–water partition coefficient (Wildman–Crippen LogP) is 4.88. The number of carbonyl (C=O) groups excluding carboxylic acids is 1. The number of nitrogens with zero attached hydrogens (tertiary/aromatic N) is 3. The molecule has 0 saturated carbocycles. The first kappa shape index (κ1) is 21.0. The van der Waals surface area contributed by atoms with Gasteiger partial charge in [-0.15, -0.1) is 8.78 Å². The fourth-order valence-corrected chi connectivity index (χ4v) is 3.58. The van der Waals surface area contributed by atoms with Crippen LogP contribution in [-0.2, 0) is 0 Å². The molecule has 0 bridgehead atoms. The molecule has 31 heavy (non-hydrogen) atoms. The highest BCUT2D eigenvalue weighted by atomic mass is 35.5. The van der Waals surface area contributed by atoms with E-state index in [0.29, 0.717) is 11.3 Å². The van der Waals surface area contributed by atoms with Crippen molar-refractivity contribution in [2.24, 2.45) is 0 Å². The van der Waals surface area contributed by atoms with E-state index in [-0.39, 0.29) is 11.7 Å². The third kappa shape index (κ3) is 5.29. The second kappa shape index (κ2) is 8.89. The number of amides is 1. The number of benzene rings is 1. The number of rotatable bonds is 6. The molecule has 3 aromatic rings. The van der Waals surface area contributed by atoms with Gasteiger partial charge in [0.1, 0.15) is 11.6 Å². The van der Waals surface area contributed by atoms with Gasteiger partial charge in [0.15, 0.2) is 0 Å². The molecule has 2 N–H and O–H groups in total. The van der Waals surface area contributed by atoms with Gasteiger partial charge >= 0.3 is 5.57 Å². The number of ether oxygens (including phenoxy) is 1. The molecule has 0 radical (unpaired) electrons. The molecule has 3 heterocycles. The molecule has 0 spiro atoms. The van der Waals surface area contributed by atoms with Crippen molar-refractivity contribution in [3.63, 3.8) is 0 Å². The Balaban J connectivity index is 1.55. The highest BCUT2D eigenvalue weighted by Crippen LogP contribution is 2.31. The monoisotopic (exact) mass is 447 g/mol. The van der Waals surface area contributed by atoms with E-state index in [1.54, 1.807) is 12.3 Å². The van der Waals surface area contributed by atoms with Crippen LogP contribution in [0.1, 0.15) is 29.6 Å². The largest absolute Gasteiger partial charge is 0.487 e. The number of hydrogen-bond acceptors (Lipinski definition) is 5. The van der Waals surface area contributed by atoms with Gasteiger partial charge in [0.2, 0.25) is 0 Å². The van der Waals surface area contributed by atoms with Crippen LogP contribution in [0.15, 0.2) is 48.8 Å². The fourth-order valence-electron chi connectivity index (χ4n) is 3.49. The smallest absolute Gasteiger partial charge is 0.420 e. The van der Waals surface area contributed by atoms with Crippen molar-refractivity contribution >= 4 is 29.0 Å². The lowest BCUT2D eigenvalue weighted by atomic mass is 10.1. The Labute approximate surface area is 182 Å². The molecule has 1 aromatic carbocycles. The van der Waals surface area contributed by atoms with Crippen LogP contribution in [0, 0.1) is 0 Å². The fraction of sp³-hybridized carbons (Fsp3) is 0.286. The highest BCUT2D eigenvalue weighted by molar-refractivity contribution is 6.20. The summed E-state index contributed by atoms with van der Waals surface area (Å²) in [6.45, 7) is 1.82. The van der Waals surface area contributed by atoms with Crippen molar-refractivity contribution < 1.29 is 18.3 Å². The number of piperidine rings is 1. The van der Waals surface area contributed by atoms with Gasteiger partial charge < -0.3 is 15.0 Å². The molecular weight excluding hydrogens is 428 g/mol. The summed E-state index contributed by atoms with van der Waals surface area (Å²) in [4.78, 5) is 19.6. The molecule has 0 atom stereocenters. The van der Waals surface area contributed by atoms with E-state index >= 15 is 0 Å². The minimum Gasteiger partial charge on any atom is -0.420 e. The van der Waals surface area contributed by atoms with E-state index < -0.39 is 5.57 Å². The van der Waals surface area contributed by atoms with Gasteiger partial charge in [0, 0.05) is 48.3 Å². The summed E-state index contributed by atoms with van der Waals surface area (Å²) in [5.74, 6) is 0.311. The van der Waals surface area contributed by atoms with Crippen molar-refractivity contribution in [2.75, 3.05) is 23.3 Å². The average Bonchev–Trinajstić information content (AvgIpc) is 3.29. The Morgan fingerprint density at radius 1 is 1.16 bits per heavy atom. The molecule has 0 unspecified atom stereocenters. The minimum atomic E-state index is -3.80. The van der Waals surface area contributed by atoms with Crippen LogP contribution in [-0.4, -0.2) is 39.7 Å². The number of carbonyl (C=O) groups is 1. The van der Waals surface area contributed by atoms with E-state index in [1.807, 2.05) is 6.07 Å². The predicted molar refractivity (Wildman–Crippen MR) is 114 cm³/mol. The van der Waals surface area contributed by atoms with Crippen LogP contribution in [0.2, 0.25) is 0 Å². The SMILES string of the molecule is O=C(Nc1ccc(OC(F)(F)Cl)cc1)c1cnc(N2CCCCC2)c(-c2ccn[nH]2)c1. The molecular formula is C21H20ClF2N5O2. The van der Waals surface area contributed by atoms with Crippen molar-refractivity contribution in [1.82, 2.24) is 15.2 Å². The van der Waals surface area contributed by atoms with Crippen LogP contribution in [0.4, 0.5) is 20.3 Å². The van der Waals surface area contributed by atoms with Crippen molar-refractivity contribution in [3.8, 4) is 17.0 Å². The Morgan fingerprint density at radius 2 is 1.90 bits per heavy atom. The maximum absolute atomic E-state index is 12.8. The molecule has 1 saturated heterocycles. The summed E-state index contributed by atoms with van der Waals surface area (Å²) in [7, 11) is 0. The van der Waals surface area contributed by atoms with Gasteiger partial charge in [-0.1, -0.05) is 0 Å². The summed E-state index contributed by atoms with van der Waals surface area (Å²) in [5.41, 5.74) is -1.46. The Kier molecular flexibility index (Phi) is 6.03. The highest BCUT2D eigenvalue weighted by Gasteiger charge is 2.27. The molecule has 1 aliphatic heterocycles. The van der Waals surface area contributed by atoms with Crippen LogP contribution in [0.3, 0.4) is 0 Å². The van der Waals surface area contributed by atoms with E-state index in [0.717, 1.165) is 43.0 Å². The van der Waals surface area contributed by atoms with E-state index in [2.05, 4.69) is 30.1 Å². The summed E-state index contributed by atoms with van der Waals surface area (Å²) in [5, 5.41) is 9.68. The first-order valence-electron chi connectivity index (χ1n) is 9.81. The van der Waals surface area contributed by atoms with Gasteiger partial charge in [-0.25, -0.2) is 4.98 Å². The lowest BCUT2D eigenvalue weighted by molar-refractivity contribution is -0.0964. The van der Waals surface area contributed by atoms with Gasteiger partial charge in [-0.05, 0) is 55.7 Å². The molecule has 7 nitrogen and oxygen atoms in total. The summed E-state index contributed by atoms with van der Waals surface area (Å²) in [6, 6.07) is 9.07. The summed E-state index contributed by atoms with van der Waals surface area (Å²) >= 11 is 4.76. The normalized spacial score (nSPS) is 14.4. The Bertz CT molecular complexity index is 1030. The second-order valence-electron chi connectivity index (χ2n) is 7.14. The molecule has 2 aromatic heterocycles. The van der Waals surface area contributed by atoms with Crippen LogP contribution >= 0.6 is 11.6 Å². The number of alkyl halides is 3. The molecule has 162 valence electrons. The second-order valence-corrected chi connectivity index (χ2v) is 7.58. The van der Waals surface area contributed by atoms with Crippen molar-refractivity contribution in [2.45, 2.75) is 24.8 Å². The molecule has 0 aliphatic carbocycles. The number of nitrogens with one attached hydrogen (secondary N) is 2. The number of hydrogen-bond donors (Lipinski definition) is 2. The third-order valence-corrected chi connectivity index (χ3v) is 5.00. The maximum Gasteiger partial charge on any atom is 0.487 e. The van der Waals surface area contributed by atoms with Crippen molar-refractivity contribution in [3.05, 3.63) is 54.4 Å². The summed E-state index contributed by atoms with van der Waals surface area (Å²) in [6.07, 6.45) is 6.58. The lowest BCUT2D eigenvalue weighted by Gasteiger charge is -2.29. The van der Waals surface area contributed by atoms with Crippen molar-refractivity contribution in [1.29, 1.82) is 0 Å². The Morgan fingerprint density at radius 3 is 2.55 bits per heavy atom. The number of halogens is 3.